The normalized spacial score (nSPS) is 15.0. The monoisotopic (exact) mass is 383 g/mol. The highest BCUT2D eigenvalue weighted by molar-refractivity contribution is 5.70. The summed E-state index contributed by atoms with van der Waals surface area (Å²) in [5, 5.41) is 2.86. The van der Waals surface area contributed by atoms with Gasteiger partial charge in [0.05, 0.1) is 12.8 Å². The van der Waals surface area contributed by atoms with E-state index in [-0.39, 0.29) is 11.5 Å². The number of anilines is 1. The van der Waals surface area contributed by atoms with Crippen molar-refractivity contribution < 1.29 is 14.3 Å². The molecule has 6 nitrogen and oxygen atoms in total. The lowest BCUT2D eigenvalue weighted by Crippen LogP contribution is -2.37. The fourth-order valence-electron chi connectivity index (χ4n) is 2.95. The first-order valence-corrected chi connectivity index (χ1v) is 9.58. The molecular weight excluding hydrogens is 354 g/mol. The Morgan fingerprint density at radius 1 is 1.29 bits per heavy atom. The zero-order valence-corrected chi connectivity index (χ0v) is 17.0. The molecule has 0 radical (unpaired) electrons. The average Bonchev–Trinajstić information content (AvgIpc) is 3.38. The molecule has 0 spiro atoms. The molecule has 1 aromatic heterocycles. The number of ether oxygens (including phenoxy) is 2. The number of nitrogens with zero attached hydrogens (tertiary/aromatic N) is 1. The summed E-state index contributed by atoms with van der Waals surface area (Å²) >= 11 is 0. The zero-order valence-electron chi connectivity index (χ0n) is 17.0. The third kappa shape index (κ3) is 5.38. The number of hydrogen-bond donors (Lipinski definition) is 2. The molecule has 0 aliphatic heterocycles. The maximum absolute atomic E-state index is 11.9. The van der Waals surface area contributed by atoms with E-state index in [0.717, 1.165) is 29.7 Å². The summed E-state index contributed by atoms with van der Waals surface area (Å²) in [4.78, 5) is 16.3. The van der Waals surface area contributed by atoms with E-state index in [1.807, 2.05) is 58.0 Å². The fraction of sp³-hybridized carbons (Fsp3) is 0.455. The minimum atomic E-state index is -0.498. The summed E-state index contributed by atoms with van der Waals surface area (Å²) in [6, 6.07) is 9.73. The molecule has 2 aromatic rings. The Bertz CT molecular complexity index is 854. The number of amides is 1. The molecule has 28 heavy (non-hydrogen) atoms. The molecule has 0 unspecified atom stereocenters. The van der Waals surface area contributed by atoms with Crippen molar-refractivity contribution in [2.24, 2.45) is 5.41 Å². The van der Waals surface area contributed by atoms with E-state index in [9.17, 15) is 4.79 Å². The molecule has 1 aromatic carbocycles. The molecule has 0 atom stereocenters. The Hall–Kier alpha value is -2.76. The Kier molecular flexibility index (Phi) is 5.49. The molecule has 1 fully saturated rings. The van der Waals surface area contributed by atoms with Gasteiger partial charge in [0.2, 0.25) is 0 Å². The van der Waals surface area contributed by atoms with Crippen LogP contribution in [0.25, 0.3) is 11.1 Å². The summed E-state index contributed by atoms with van der Waals surface area (Å²) in [5.74, 6) is 0.714. The van der Waals surface area contributed by atoms with Crippen molar-refractivity contribution in [3.63, 3.8) is 0 Å². The molecular formula is C22H29N3O3. The molecule has 1 aliphatic rings. The number of nitrogens with two attached hydrogens (primary N) is 1. The molecule has 3 N–H and O–H groups in total. The van der Waals surface area contributed by atoms with Gasteiger partial charge in [-0.25, -0.2) is 4.79 Å². The molecule has 1 amide bonds. The van der Waals surface area contributed by atoms with Crippen molar-refractivity contribution in [3.05, 3.63) is 42.2 Å². The van der Waals surface area contributed by atoms with Gasteiger partial charge >= 0.3 is 6.09 Å². The minimum Gasteiger partial charge on any atom is -0.491 e. The number of hydrogen-bond acceptors (Lipinski definition) is 5. The van der Waals surface area contributed by atoms with Gasteiger partial charge in [0.25, 0.3) is 0 Å². The predicted molar refractivity (Wildman–Crippen MR) is 110 cm³/mol. The van der Waals surface area contributed by atoms with Crippen LogP contribution in [0.4, 0.5) is 10.5 Å². The van der Waals surface area contributed by atoms with Gasteiger partial charge in [0.15, 0.2) is 0 Å². The largest absolute Gasteiger partial charge is 0.491 e. The molecule has 0 saturated heterocycles. The molecule has 6 heteroatoms. The van der Waals surface area contributed by atoms with Crippen LogP contribution in [0.2, 0.25) is 0 Å². The van der Waals surface area contributed by atoms with Crippen molar-refractivity contribution in [2.75, 3.05) is 18.9 Å². The van der Waals surface area contributed by atoms with E-state index >= 15 is 0 Å². The van der Waals surface area contributed by atoms with E-state index in [1.54, 1.807) is 6.20 Å². The van der Waals surface area contributed by atoms with Crippen LogP contribution in [0.3, 0.4) is 0 Å². The van der Waals surface area contributed by atoms with E-state index in [1.165, 1.54) is 0 Å². The first-order valence-electron chi connectivity index (χ1n) is 9.58. The highest BCUT2D eigenvalue weighted by Gasteiger charge is 2.44. The molecule has 3 rings (SSSR count). The van der Waals surface area contributed by atoms with E-state index in [4.69, 9.17) is 15.2 Å². The van der Waals surface area contributed by atoms with Crippen LogP contribution < -0.4 is 15.8 Å². The second kappa shape index (κ2) is 7.70. The quantitative estimate of drug-likeness (QED) is 0.725. The molecule has 150 valence electrons. The smallest absolute Gasteiger partial charge is 0.407 e. The second-order valence-corrected chi connectivity index (χ2v) is 8.57. The average molecular weight is 383 g/mol. The first kappa shape index (κ1) is 20.0. The number of nitrogen functional groups attached to an aromatic ring is 1. The van der Waals surface area contributed by atoms with E-state index in [2.05, 4.69) is 10.3 Å². The van der Waals surface area contributed by atoms with Crippen molar-refractivity contribution >= 4 is 11.8 Å². The van der Waals surface area contributed by atoms with Gasteiger partial charge in [0.1, 0.15) is 11.4 Å². The number of carbonyl (C=O) groups excluding carboxylic acids is 1. The Labute approximate surface area is 166 Å². The van der Waals surface area contributed by atoms with Crippen LogP contribution in [0.1, 0.15) is 39.3 Å². The number of rotatable bonds is 6. The van der Waals surface area contributed by atoms with Crippen LogP contribution >= 0.6 is 0 Å². The molecule has 1 aliphatic carbocycles. The standard InChI is InChI=1S/C22H29N3O3/c1-15-19(16-6-5-7-17(23)10-16)11-18(12-24-15)27-14-22(8-9-22)13-25-20(26)28-21(2,3)4/h5-7,10-12H,8-9,13-14,23H2,1-4H3,(H,25,26). The van der Waals surface area contributed by atoms with Gasteiger partial charge in [-0.2, -0.15) is 0 Å². The third-order valence-electron chi connectivity index (χ3n) is 4.77. The highest BCUT2D eigenvalue weighted by Crippen LogP contribution is 2.45. The van der Waals surface area contributed by atoms with Crippen molar-refractivity contribution in [1.82, 2.24) is 10.3 Å². The lowest BCUT2D eigenvalue weighted by Gasteiger charge is -2.22. The number of carbonyl (C=O) groups is 1. The van der Waals surface area contributed by atoms with Gasteiger partial charge in [-0.15, -0.1) is 0 Å². The summed E-state index contributed by atoms with van der Waals surface area (Å²) in [7, 11) is 0. The maximum atomic E-state index is 11.9. The fourth-order valence-corrected chi connectivity index (χ4v) is 2.95. The third-order valence-corrected chi connectivity index (χ3v) is 4.77. The zero-order chi connectivity index (χ0) is 20.4. The Morgan fingerprint density at radius 2 is 2.04 bits per heavy atom. The predicted octanol–water partition coefficient (Wildman–Crippen LogP) is 4.32. The van der Waals surface area contributed by atoms with E-state index < -0.39 is 5.60 Å². The summed E-state index contributed by atoms with van der Waals surface area (Å²) in [5.41, 5.74) is 9.04. The summed E-state index contributed by atoms with van der Waals surface area (Å²) in [6.45, 7) is 8.60. The van der Waals surface area contributed by atoms with Crippen LogP contribution in [0.15, 0.2) is 36.5 Å². The number of alkyl carbamates (subject to hydrolysis) is 1. The molecule has 1 saturated carbocycles. The second-order valence-electron chi connectivity index (χ2n) is 8.57. The SMILES string of the molecule is Cc1ncc(OCC2(CNC(=O)OC(C)(C)C)CC2)cc1-c1cccc(N)c1. The number of aromatic nitrogens is 1. The van der Waals surface area contributed by atoms with Crippen LogP contribution in [0, 0.1) is 12.3 Å². The number of benzene rings is 1. The summed E-state index contributed by atoms with van der Waals surface area (Å²) < 4.78 is 11.3. The molecule has 0 bridgehead atoms. The van der Waals surface area contributed by atoms with Gasteiger partial charge in [-0.1, -0.05) is 12.1 Å². The van der Waals surface area contributed by atoms with Crippen LogP contribution in [-0.4, -0.2) is 29.8 Å². The van der Waals surface area contributed by atoms with Gasteiger partial charge in [-0.3, -0.25) is 4.98 Å². The Balaban J connectivity index is 1.60. The highest BCUT2D eigenvalue weighted by atomic mass is 16.6. The van der Waals surface area contributed by atoms with Crippen molar-refractivity contribution in [2.45, 2.75) is 46.1 Å². The lowest BCUT2D eigenvalue weighted by atomic mass is 10.0. The molecule has 1 heterocycles. The van der Waals surface area contributed by atoms with Gasteiger partial charge < -0.3 is 20.5 Å². The lowest BCUT2D eigenvalue weighted by molar-refractivity contribution is 0.0509. The Morgan fingerprint density at radius 3 is 2.68 bits per heavy atom. The van der Waals surface area contributed by atoms with Crippen LogP contribution in [0.5, 0.6) is 5.75 Å². The minimum absolute atomic E-state index is 0.0286. The number of nitrogens with one attached hydrogen (secondary N) is 1. The number of pyridine rings is 1. The van der Waals surface area contributed by atoms with Gasteiger partial charge in [-0.05, 0) is 64.3 Å². The van der Waals surface area contributed by atoms with Gasteiger partial charge in [0, 0.05) is 28.9 Å². The first-order chi connectivity index (χ1) is 13.2. The summed E-state index contributed by atoms with van der Waals surface area (Å²) in [6.07, 6.45) is 3.39. The topological polar surface area (TPSA) is 86.5 Å². The van der Waals surface area contributed by atoms with Crippen molar-refractivity contribution in [3.8, 4) is 16.9 Å². The number of aryl methyl sites for hydroxylation is 1. The van der Waals surface area contributed by atoms with Crippen LogP contribution in [-0.2, 0) is 4.74 Å². The van der Waals surface area contributed by atoms with E-state index in [0.29, 0.717) is 24.6 Å². The maximum Gasteiger partial charge on any atom is 0.407 e. The van der Waals surface area contributed by atoms with Crippen molar-refractivity contribution in [1.29, 1.82) is 0 Å².